The third-order valence-corrected chi connectivity index (χ3v) is 7.28. The second-order valence-corrected chi connectivity index (χ2v) is 12.2. The van der Waals surface area contributed by atoms with Crippen LogP contribution in [0.15, 0.2) is 30.3 Å². The van der Waals surface area contributed by atoms with Crippen molar-refractivity contribution in [1.82, 2.24) is 19.6 Å². The number of benzene rings is 1. The summed E-state index contributed by atoms with van der Waals surface area (Å²) in [5, 5.41) is 0. The van der Waals surface area contributed by atoms with E-state index in [1.54, 1.807) is 27.8 Å². The van der Waals surface area contributed by atoms with Gasteiger partial charge in [-0.2, -0.15) is 0 Å². The minimum absolute atomic E-state index is 0.0795. The molecule has 0 unspecified atom stereocenters. The highest BCUT2D eigenvalue weighted by molar-refractivity contribution is 5.92. The summed E-state index contributed by atoms with van der Waals surface area (Å²) < 4.78 is 10.6. The number of rotatable bonds is 12. The number of likely N-dealkylation sites (N-methyl/N-ethyl adjacent to an activating group) is 4. The number of amides is 4. The Morgan fingerprint density at radius 2 is 1.40 bits per heavy atom. The SMILES string of the molecule is CN(CC(=O)N(C)[C@@H](CC1CCCCC1)C(=O)N(C)CC(=O)OC(C)(C)C)C(=O)CN(C)C(=O)OCc1ccccc1. The first kappa shape index (κ1) is 34.6. The van der Waals surface area contributed by atoms with Gasteiger partial charge in [0.05, 0.1) is 6.54 Å². The molecule has 0 spiro atoms. The first-order valence-electron chi connectivity index (χ1n) is 14.6. The zero-order valence-corrected chi connectivity index (χ0v) is 26.3. The van der Waals surface area contributed by atoms with Crippen LogP contribution in [0.4, 0.5) is 4.79 Å². The molecule has 1 aromatic rings. The summed E-state index contributed by atoms with van der Waals surface area (Å²) in [6, 6.07) is 8.41. The molecule has 1 fully saturated rings. The van der Waals surface area contributed by atoms with Crippen LogP contribution in [-0.4, -0.2) is 109 Å². The molecular formula is C31H48N4O7. The van der Waals surface area contributed by atoms with Gasteiger partial charge in [-0.25, -0.2) is 4.79 Å². The van der Waals surface area contributed by atoms with Gasteiger partial charge in [0.15, 0.2) is 0 Å². The number of esters is 1. The minimum Gasteiger partial charge on any atom is -0.459 e. The fourth-order valence-electron chi connectivity index (χ4n) is 4.86. The van der Waals surface area contributed by atoms with Crippen LogP contribution in [0.2, 0.25) is 0 Å². The van der Waals surface area contributed by atoms with Crippen LogP contribution >= 0.6 is 0 Å². The molecule has 0 saturated heterocycles. The highest BCUT2D eigenvalue weighted by atomic mass is 16.6. The van der Waals surface area contributed by atoms with Gasteiger partial charge < -0.3 is 29.1 Å². The summed E-state index contributed by atoms with van der Waals surface area (Å²) in [5.74, 6) is -1.46. The van der Waals surface area contributed by atoms with Crippen molar-refractivity contribution in [3.05, 3.63) is 35.9 Å². The van der Waals surface area contributed by atoms with Crippen molar-refractivity contribution in [3.8, 4) is 0 Å². The molecule has 11 heteroatoms. The predicted octanol–water partition coefficient (Wildman–Crippen LogP) is 3.31. The zero-order valence-electron chi connectivity index (χ0n) is 26.3. The van der Waals surface area contributed by atoms with Crippen molar-refractivity contribution in [1.29, 1.82) is 0 Å². The van der Waals surface area contributed by atoms with Crippen LogP contribution in [0, 0.1) is 5.92 Å². The summed E-state index contributed by atoms with van der Waals surface area (Å²) in [7, 11) is 6.01. The van der Waals surface area contributed by atoms with E-state index < -0.39 is 35.5 Å². The van der Waals surface area contributed by atoms with Crippen molar-refractivity contribution in [2.24, 2.45) is 5.92 Å². The highest BCUT2D eigenvalue weighted by Crippen LogP contribution is 2.29. The molecule has 1 aliphatic carbocycles. The molecule has 0 bridgehead atoms. The summed E-state index contributed by atoms with van der Waals surface area (Å²) >= 11 is 0. The average Bonchev–Trinajstić information content (AvgIpc) is 2.93. The molecule has 42 heavy (non-hydrogen) atoms. The van der Waals surface area contributed by atoms with Gasteiger partial charge in [0.25, 0.3) is 0 Å². The molecule has 0 aromatic heterocycles. The Kier molecular flexibility index (Phi) is 13.3. The van der Waals surface area contributed by atoms with Crippen LogP contribution in [-0.2, 0) is 35.3 Å². The molecule has 1 aliphatic rings. The summed E-state index contributed by atoms with van der Waals surface area (Å²) in [6.07, 6.45) is 5.09. The van der Waals surface area contributed by atoms with E-state index in [0.29, 0.717) is 6.42 Å². The Hall–Kier alpha value is -3.63. The number of carbonyl (C=O) groups is 5. The lowest BCUT2D eigenvalue weighted by Crippen LogP contribution is -2.53. The predicted molar refractivity (Wildman–Crippen MR) is 158 cm³/mol. The van der Waals surface area contributed by atoms with E-state index in [1.165, 1.54) is 35.8 Å². The standard InChI is InChI=1S/C31H48N4O7/c1-31(2,3)42-28(38)21-33(5)29(39)25(18-23-14-10-8-11-15-23)35(7)27(37)20-32(4)26(36)19-34(6)30(40)41-22-24-16-12-9-13-17-24/h9,12-13,16-17,23,25H,8,10-11,14-15,18-22H2,1-7H3/t25-/m0/s1. The van der Waals surface area contributed by atoms with Crippen LogP contribution in [0.25, 0.3) is 0 Å². The van der Waals surface area contributed by atoms with Crippen LogP contribution in [0.1, 0.15) is 64.9 Å². The number of ether oxygens (including phenoxy) is 2. The van der Waals surface area contributed by atoms with E-state index in [-0.39, 0.29) is 38.1 Å². The first-order valence-corrected chi connectivity index (χ1v) is 14.6. The van der Waals surface area contributed by atoms with Crippen molar-refractivity contribution in [2.75, 3.05) is 47.8 Å². The van der Waals surface area contributed by atoms with Crippen molar-refractivity contribution < 1.29 is 33.4 Å². The number of nitrogens with zero attached hydrogens (tertiary/aromatic N) is 4. The lowest BCUT2D eigenvalue weighted by Gasteiger charge is -2.35. The van der Waals surface area contributed by atoms with E-state index in [1.807, 2.05) is 30.3 Å². The Labute approximate surface area is 250 Å². The van der Waals surface area contributed by atoms with Gasteiger partial charge in [0.1, 0.15) is 31.3 Å². The van der Waals surface area contributed by atoms with Crippen LogP contribution in [0.3, 0.4) is 0 Å². The molecule has 4 amide bonds. The van der Waals surface area contributed by atoms with Crippen molar-refractivity contribution in [3.63, 3.8) is 0 Å². The molecule has 11 nitrogen and oxygen atoms in total. The number of hydrogen-bond donors (Lipinski definition) is 0. The maximum atomic E-state index is 13.6. The molecule has 1 aromatic carbocycles. The smallest absolute Gasteiger partial charge is 0.410 e. The first-order chi connectivity index (χ1) is 19.7. The van der Waals surface area contributed by atoms with Gasteiger partial charge in [-0.3, -0.25) is 19.2 Å². The quantitative estimate of drug-likeness (QED) is 0.344. The molecule has 234 valence electrons. The Balaban J connectivity index is 2.00. The lowest BCUT2D eigenvalue weighted by molar-refractivity contribution is -0.159. The zero-order chi connectivity index (χ0) is 31.4. The number of carbonyl (C=O) groups excluding carboxylic acids is 5. The third-order valence-electron chi connectivity index (χ3n) is 7.28. The van der Waals surface area contributed by atoms with E-state index in [2.05, 4.69) is 0 Å². The van der Waals surface area contributed by atoms with E-state index in [0.717, 1.165) is 42.6 Å². The topological polar surface area (TPSA) is 117 Å². The van der Waals surface area contributed by atoms with E-state index in [4.69, 9.17) is 9.47 Å². The lowest BCUT2D eigenvalue weighted by atomic mass is 9.84. The van der Waals surface area contributed by atoms with E-state index in [9.17, 15) is 24.0 Å². The summed E-state index contributed by atoms with van der Waals surface area (Å²) in [6.45, 7) is 4.58. The van der Waals surface area contributed by atoms with Crippen LogP contribution in [0.5, 0.6) is 0 Å². The molecule has 1 atom stereocenters. The molecule has 0 aliphatic heterocycles. The monoisotopic (exact) mass is 588 g/mol. The van der Waals surface area contributed by atoms with Gasteiger partial charge in [-0.15, -0.1) is 0 Å². The normalized spacial score (nSPS) is 14.4. The second-order valence-electron chi connectivity index (χ2n) is 12.2. The van der Waals surface area contributed by atoms with Crippen LogP contribution < -0.4 is 0 Å². The molecule has 2 rings (SSSR count). The van der Waals surface area contributed by atoms with Gasteiger partial charge >= 0.3 is 12.1 Å². The fraction of sp³-hybridized carbons (Fsp3) is 0.645. The third kappa shape index (κ3) is 11.7. The van der Waals surface area contributed by atoms with Gasteiger partial charge in [0, 0.05) is 28.2 Å². The minimum atomic E-state index is -0.785. The molecule has 0 N–H and O–H groups in total. The Morgan fingerprint density at radius 3 is 2.00 bits per heavy atom. The summed E-state index contributed by atoms with van der Waals surface area (Å²) in [5.41, 5.74) is 0.143. The fourth-order valence-corrected chi connectivity index (χ4v) is 4.86. The molecule has 1 saturated carbocycles. The highest BCUT2D eigenvalue weighted by Gasteiger charge is 2.34. The summed E-state index contributed by atoms with van der Waals surface area (Å²) in [4.78, 5) is 69.5. The molecular weight excluding hydrogens is 540 g/mol. The average molecular weight is 589 g/mol. The second kappa shape index (κ2) is 16.1. The van der Waals surface area contributed by atoms with Crippen molar-refractivity contribution in [2.45, 2.75) is 77.5 Å². The van der Waals surface area contributed by atoms with Crippen molar-refractivity contribution >= 4 is 29.8 Å². The molecule has 0 heterocycles. The van der Waals surface area contributed by atoms with E-state index >= 15 is 0 Å². The largest absolute Gasteiger partial charge is 0.459 e. The molecule has 0 radical (unpaired) electrons. The Morgan fingerprint density at radius 1 is 0.810 bits per heavy atom. The maximum Gasteiger partial charge on any atom is 0.410 e. The maximum absolute atomic E-state index is 13.6. The van der Waals surface area contributed by atoms with Gasteiger partial charge in [-0.05, 0) is 38.7 Å². The Bertz CT molecular complexity index is 1070. The number of hydrogen-bond acceptors (Lipinski definition) is 7. The van der Waals surface area contributed by atoms with Gasteiger partial charge in [0.2, 0.25) is 17.7 Å². The van der Waals surface area contributed by atoms with Gasteiger partial charge in [-0.1, -0.05) is 62.4 Å².